The number of carbonyl (C=O) groups excluding carboxylic acids is 2. The van der Waals surface area contributed by atoms with Gasteiger partial charge in [-0.15, -0.1) is 0 Å². The van der Waals surface area contributed by atoms with Gasteiger partial charge in [-0.05, 0) is 48.7 Å². The lowest BCUT2D eigenvalue weighted by Crippen LogP contribution is -2.20. The molecule has 0 saturated heterocycles. The van der Waals surface area contributed by atoms with Gasteiger partial charge in [0.05, 0.1) is 6.61 Å². The van der Waals surface area contributed by atoms with Gasteiger partial charge in [0, 0.05) is 16.7 Å². The number of carbonyl (C=O) groups is 2. The SMILES string of the molecule is CCOc1ccc(NC(=O)COC(=O)/C=C/Sc2ccccc2)cc1. The van der Waals surface area contributed by atoms with E-state index in [1.807, 2.05) is 37.3 Å². The second-order valence-corrected chi connectivity index (χ2v) is 5.83. The Bertz CT molecular complexity index is 714. The van der Waals surface area contributed by atoms with Crippen LogP contribution in [0.3, 0.4) is 0 Å². The lowest BCUT2D eigenvalue weighted by atomic mass is 10.3. The van der Waals surface area contributed by atoms with Gasteiger partial charge < -0.3 is 14.8 Å². The van der Waals surface area contributed by atoms with Gasteiger partial charge in [0.25, 0.3) is 5.91 Å². The molecule has 0 aliphatic heterocycles. The van der Waals surface area contributed by atoms with Gasteiger partial charge in [-0.25, -0.2) is 4.79 Å². The van der Waals surface area contributed by atoms with E-state index in [0.29, 0.717) is 12.3 Å². The number of esters is 1. The Morgan fingerprint density at radius 1 is 1.08 bits per heavy atom. The van der Waals surface area contributed by atoms with E-state index in [1.165, 1.54) is 17.8 Å². The molecule has 0 bridgehead atoms. The highest BCUT2D eigenvalue weighted by Crippen LogP contribution is 2.18. The number of hydrogen-bond donors (Lipinski definition) is 1. The first-order chi connectivity index (χ1) is 12.2. The molecule has 0 aliphatic carbocycles. The maximum absolute atomic E-state index is 11.8. The molecule has 1 N–H and O–H groups in total. The van der Waals surface area contributed by atoms with Crippen LogP contribution in [-0.4, -0.2) is 25.1 Å². The zero-order valence-electron chi connectivity index (χ0n) is 13.8. The van der Waals surface area contributed by atoms with Gasteiger partial charge in [-0.1, -0.05) is 30.0 Å². The van der Waals surface area contributed by atoms with E-state index in [2.05, 4.69) is 5.32 Å². The standard InChI is InChI=1S/C19H19NO4S/c1-2-23-16-10-8-15(9-11-16)20-18(21)14-24-19(22)12-13-25-17-6-4-3-5-7-17/h3-13H,2,14H2,1H3,(H,20,21)/b13-12+. The van der Waals surface area contributed by atoms with Crippen LogP contribution in [-0.2, 0) is 14.3 Å². The van der Waals surface area contributed by atoms with E-state index < -0.39 is 11.9 Å². The van der Waals surface area contributed by atoms with E-state index in [4.69, 9.17) is 9.47 Å². The Hall–Kier alpha value is -2.73. The highest BCUT2D eigenvalue weighted by Gasteiger charge is 2.06. The summed E-state index contributed by atoms with van der Waals surface area (Å²) in [6.07, 6.45) is 1.29. The van der Waals surface area contributed by atoms with Crippen molar-refractivity contribution in [2.24, 2.45) is 0 Å². The quantitative estimate of drug-likeness (QED) is 0.441. The van der Waals surface area contributed by atoms with E-state index in [0.717, 1.165) is 10.6 Å². The third kappa shape index (κ3) is 7.14. The molecule has 6 heteroatoms. The minimum atomic E-state index is -0.565. The van der Waals surface area contributed by atoms with Crippen molar-refractivity contribution in [1.29, 1.82) is 0 Å². The second-order valence-electron chi connectivity index (χ2n) is 4.85. The van der Waals surface area contributed by atoms with Crippen molar-refractivity contribution in [3.05, 3.63) is 66.1 Å². The molecule has 0 heterocycles. The molecule has 0 fully saturated rings. The summed E-state index contributed by atoms with van der Waals surface area (Å²) >= 11 is 1.40. The molecule has 25 heavy (non-hydrogen) atoms. The molecule has 0 spiro atoms. The molecule has 5 nitrogen and oxygen atoms in total. The number of rotatable bonds is 8. The molecule has 0 unspecified atom stereocenters. The lowest BCUT2D eigenvalue weighted by molar-refractivity contribution is -0.142. The molecule has 2 rings (SSSR count). The summed E-state index contributed by atoms with van der Waals surface area (Å²) < 4.78 is 10.2. The Morgan fingerprint density at radius 2 is 1.80 bits per heavy atom. The van der Waals surface area contributed by atoms with Crippen molar-refractivity contribution >= 4 is 29.3 Å². The van der Waals surface area contributed by atoms with Gasteiger partial charge in [-0.3, -0.25) is 4.79 Å². The maximum atomic E-state index is 11.8. The molecule has 1 amide bonds. The molecule has 0 radical (unpaired) electrons. The predicted molar refractivity (Wildman–Crippen MR) is 98.6 cm³/mol. The van der Waals surface area contributed by atoms with Gasteiger partial charge in [0.15, 0.2) is 6.61 Å². The van der Waals surface area contributed by atoms with Crippen molar-refractivity contribution in [2.75, 3.05) is 18.5 Å². The number of nitrogens with one attached hydrogen (secondary N) is 1. The highest BCUT2D eigenvalue weighted by molar-refractivity contribution is 8.02. The number of anilines is 1. The molecular weight excluding hydrogens is 338 g/mol. The minimum Gasteiger partial charge on any atom is -0.494 e. The number of hydrogen-bond acceptors (Lipinski definition) is 5. The van der Waals surface area contributed by atoms with Crippen LogP contribution >= 0.6 is 11.8 Å². The number of benzene rings is 2. The second kappa shape index (κ2) is 10.2. The van der Waals surface area contributed by atoms with Crippen molar-refractivity contribution in [2.45, 2.75) is 11.8 Å². The highest BCUT2D eigenvalue weighted by atomic mass is 32.2. The van der Waals surface area contributed by atoms with Crippen LogP contribution in [0, 0.1) is 0 Å². The van der Waals surface area contributed by atoms with Crippen molar-refractivity contribution < 1.29 is 19.1 Å². The molecule has 0 aromatic heterocycles. The van der Waals surface area contributed by atoms with Gasteiger partial charge >= 0.3 is 5.97 Å². The van der Waals surface area contributed by atoms with Crippen LogP contribution in [0.5, 0.6) is 5.75 Å². The normalized spacial score (nSPS) is 10.4. The molecule has 0 aliphatic rings. The van der Waals surface area contributed by atoms with E-state index >= 15 is 0 Å². The largest absolute Gasteiger partial charge is 0.494 e. The summed E-state index contributed by atoms with van der Waals surface area (Å²) in [7, 11) is 0. The van der Waals surface area contributed by atoms with Crippen LogP contribution in [0.4, 0.5) is 5.69 Å². The van der Waals surface area contributed by atoms with Crippen LogP contribution in [0.25, 0.3) is 0 Å². The van der Waals surface area contributed by atoms with Crippen molar-refractivity contribution in [3.63, 3.8) is 0 Å². The lowest BCUT2D eigenvalue weighted by Gasteiger charge is -2.07. The van der Waals surface area contributed by atoms with Gasteiger partial charge in [0.1, 0.15) is 5.75 Å². The molecule has 2 aromatic rings. The first-order valence-electron chi connectivity index (χ1n) is 7.75. The predicted octanol–water partition coefficient (Wildman–Crippen LogP) is 3.87. The first-order valence-corrected chi connectivity index (χ1v) is 8.63. The third-order valence-corrected chi connectivity index (χ3v) is 3.76. The fourth-order valence-electron chi connectivity index (χ4n) is 1.85. The average Bonchev–Trinajstić information content (AvgIpc) is 2.63. The van der Waals surface area contributed by atoms with Crippen molar-refractivity contribution in [3.8, 4) is 5.75 Å². The fourth-order valence-corrected chi connectivity index (χ4v) is 2.50. The Labute approximate surface area is 151 Å². The zero-order chi connectivity index (χ0) is 17.9. The van der Waals surface area contributed by atoms with Crippen LogP contribution < -0.4 is 10.1 Å². The number of thioether (sulfide) groups is 1. The summed E-state index contributed by atoms with van der Waals surface area (Å²) in [5.41, 5.74) is 0.611. The first kappa shape index (κ1) is 18.6. The molecule has 0 saturated carbocycles. The smallest absolute Gasteiger partial charge is 0.331 e. The van der Waals surface area contributed by atoms with E-state index in [-0.39, 0.29) is 6.61 Å². The summed E-state index contributed by atoms with van der Waals surface area (Å²) in [4.78, 5) is 24.4. The fraction of sp³-hybridized carbons (Fsp3) is 0.158. The molecule has 130 valence electrons. The van der Waals surface area contributed by atoms with Crippen LogP contribution in [0.1, 0.15) is 6.92 Å². The van der Waals surface area contributed by atoms with Crippen molar-refractivity contribution in [1.82, 2.24) is 0 Å². The summed E-state index contributed by atoms with van der Waals surface area (Å²) in [6.45, 7) is 2.14. The summed E-state index contributed by atoms with van der Waals surface area (Å²) in [5, 5.41) is 4.27. The van der Waals surface area contributed by atoms with E-state index in [1.54, 1.807) is 29.7 Å². The van der Waals surface area contributed by atoms with Crippen LogP contribution in [0.2, 0.25) is 0 Å². The molecule has 2 aromatic carbocycles. The zero-order valence-corrected chi connectivity index (χ0v) is 14.6. The van der Waals surface area contributed by atoms with Gasteiger partial charge in [0.2, 0.25) is 0 Å². The third-order valence-electron chi connectivity index (χ3n) is 2.95. The number of amides is 1. The molecule has 0 atom stereocenters. The summed E-state index contributed by atoms with van der Waals surface area (Å²) in [5.74, 6) is -0.236. The van der Waals surface area contributed by atoms with E-state index in [9.17, 15) is 9.59 Å². The summed E-state index contributed by atoms with van der Waals surface area (Å²) in [6, 6.07) is 16.6. The Kier molecular flexibility index (Phi) is 7.59. The van der Waals surface area contributed by atoms with Gasteiger partial charge in [-0.2, -0.15) is 0 Å². The Morgan fingerprint density at radius 3 is 2.48 bits per heavy atom. The topological polar surface area (TPSA) is 64.6 Å². The monoisotopic (exact) mass is 357 g/mol. The number of ether oxygens (including phenoxy) is 2. The maximum Gasteiger partial charge on any atom is 0.331 e. The minimum absolute atomic E-state index is 0.341. The average molecular weight is 357 g/mol. The Balaban J connectivity index is 1.70. The molecular formula is C19H19NO4S. The van der Waals surface area contributed by atoms with Crippen LogP contribution in [0.15, 0.2) is 71.0 Å².